The Hall–Kier alpha value is -3.69. The first-order valence-electron chi connectivity index (χ1n) is 12.2. The molecule has 35 heavy (non-hydrogen) atoms. The number of amides is 1. The van der Waals surface area contributed by atoms with Gasteiger partial charge in [-0.05, 0) is 63.4 Å². The zero-order valence-corrected chi connectivity index (χ0v) is 20.3. The first kappa shape index (κ1) is 23.1. The predicted molar refractivity (Wildman–Crippen MR) is 135 cm³/mol. The van der Waals surface area contributed by atoms with Gasteiger partial charge < -0.3 is 15.3 Å². The van der Waals surface area contributed by atoms with Crippen LogP contribution in [0, 0.1) is 6.92 Å². The second-order valence-electron chi connectivity index (χ2n) is 9.75. The summed E-state index contributed by atoms with van der Waals surface area (Å²) in [6.07, 6.45) is 3.31. The summed E-state index contributed by atoms with van der Waals surface area (Å²) in [6.45, 7) is 7.01. The Morgan fingerprint density at radius 1 is 1.06 bits per heavy atom. The van der Waals surface area contributed by atoms with Crippen LogP contribution >= 0.6 is 0 Å². The highest BCUT2D eigenvalue weighted by Gasteiger charge is 2.32. The number of fused-ring (bicyclic) bond motifs is 1. The van der Waals surface area contributed by atoms with Gasteiger partial charge in [0, 0.05) is 36.6 Å². The Morgan fingerprint density at radius 3 is 2.34 bits per heavy atom. The van der Waals surface area contributed by atoms with E-state index in [4.69, 9.17) is 4.98 Å². The molecule has 2 aliphatic rings. The lowest BCUT2D eigenvalue weighted by Gasteiger charge is -2.43. The van der Waals surface area contributed by atoms with E-state index in [1.165, 1.54) is 4.90 Å². The summed E-state index contributed by atoms with van der Waals surface area (Å²) in [5.41, 5.74) is 3.81. The van der Waals surface area contributed by atoms with Crippen LogP contribution in [-0.4, -0.2) is 61.0 Å². The molecule has 5 rings (SSSR count). The number of nitrogens with zero attached hydrogens (tertiary/aromatic N) is 6. The molecule has 0 radical (unpaired) electrons. The number of nitrogens with one attached hydrogen (secondary N) is 1. The third kappa shape index (κ3) is 4.40. The number of aromatic nitrogens is 4. The number of pyridine rings is 1. The Kier molecular flexibility index (Phi) is 6.04. The fourth-order valence-electron chi connectivity index (χ4n) is 5.53. The van der Waals surface area contributed by atoms with Crippen LogP contribution in [0.1, 0.15) is 51.1 Å². The second-order valence-corrected chi connectivity index (χ2v) is 9.75. The molecule has 1 aromatic carbocycles. The van der Waals surface area contributed by atoms with Crippen molar-refractivity contribution in [2.45, 2.75) is 64.6 Å². The third-order valence-electron chi connectivity index (χ3n) is 7.17. The molecule has 0 spiro atoms. The molecule has 10 nitrogen and oxygen atoms in total. The van der Waals surface area contributed by atoms with E-state index in [0.29, 0.717) is 30.2 Å². The minimum absolute atomic E-state index is 0.0378. The summed E-state index contributed by atoms with van der Waals surface area (Å²) < 4.78 is 1.79. The molecule has 1 aliphatic carbocycles. The summed E-state index contributed by atoms with van der Waals surface area (Å²) >= 11 is 0. The summed E-state index contributed by atoms with van der Waals surface area (Å²) in [7, 11) is 0. The summed E-state index contributed by atoms with van der Waals surface area (Å²) in [5, 5.41) is 21.3. The van der Waals surface area contributed by atoms with E-state index in [9.17, 15) is 14.7 Å². The fraction of sp³-hybridized carbons (Fsp3) is 0.480. The van der Waals surface area contributed by atoms with Crippen molar-refractivity contribution in [3.8, 4) is 0 Å². The van der Waals surface area contributed by atoms with Crippen molar-refractivity contribution in [2.24, 2.45) is 0 Å². The molecule has 2 unspecified atom stereocenters. The minimum atomic E-state index is -0.873. The van der Waals surface area contributed by atoms with Crippen molar-refractivity contribution in [3.63, 3.8) is 0 Å². The first-order chi connectivity index (χ1) is 16.8. The van der Waals surface area contributed by atoms with E-state index in [0.717, 1.165) is 42.6 Å². The van der Waals surface area contributed by atoms with Gasteiger partial charge >= 0.3 is 6.09 Å². The summed E-state index contributed by atoms with van der Waals surface area (Å²) in [6, 6.07) is 9.50. The van der Waals surface area contributed by atoms with Crippen LogP contribution in [0.2, 0.25) is 0 Å². The molecule has 184 valence electrons. The molecule has 2 N–H and O–H groups in total. The molecule has 3 heterocycles. The summed E-state index contributed by atoms with van der Waals surface area (Å²) in [5.74, 6) is 0.347. The number of aryl methyl sites for hydroxylation is 1. The van der Waals surface area contributed by atoms with Crippen LogP contribution in [-0.2, 0) is 0 Å². The predicted octanol–water partition coefficient (Wildman–Crippen LogP) is 3.93. The first-order valence-corrected chi connectivity index (χ1v) is 12.2. The van der Waals surface area contributed by atoms with Crippen LogP contribution < -0.4 is 15.8 Å². The SMILES string of the molecule is Cc1cc(=O)n(C2CCCC2)c2nc(Nc3ccc(N4CC(C)N(C(=O)O)C(C)C4)cc3)nnc12. The normalized spacial score (nSPS) is 21.0. The van der Waals surface area contributed by atoms with Gasteiger partial charge in [0.25, 0.3) is 5.56 Å². The number of hydrogen-bond acceptors (Lipinski definition) is 7. The molecule has 2 atom stereocenters. The number of benzene rings is 1. The zero-order valence-electron chi connectivity index (χ0n) is 20.3. The van der Waals surface area contributed by atoms with Gasteiger partial charge in [0.05, 0.1) is 12.1 Å². The van der Waals surface area contributed by atoms with Gasteiger partial charge in [-0.2, -0.15) is 4.98 Å². The Balaban J connectivity index is 1.37. The molecule has 0 bridgehead atoms. The lowest BCUT2D eigenvalue weighted by molar-refractivity contribution is 0.0983. The molecular weight excluding hydrogens is 446 g/mol. The van der Waals surface area contributed by atoms with E-state index in [1.54, 1.807) is 10.6 Å². The van der Waals surface area contributed by atoms with Gasteiger partial charge in [0.1, 0.15) is 5.52 Å². The Labute approximate surface area is 203 Å². The highest BCUT2D eigenvalue weighted by molar-refractivity contribution is 5.75. The maximum atomic E-state index is 12.8. The highest BCUT2D eigenvalue weighted by atomic mass is 16.4. The van der Waals surface area contributed by atoms with Crippen LogP contribution in [0.25, 0.3) is 11.2 Å². The number of carboxylic acid groups (broad SMARTS) is 1. The van der Waals surface area contributed by atoms with E-state index in [2.05, 4.69) is 20.4 Å². The number of hydrogen-bond donors (Lipinski definition) is 2. The van der Waals surface area contributed by atoms with Gasteiger partial charge in [-0.3, -0.25) is 14.3 Å². The van der Waals surface area contributed by atoms with Gasteiger partial charge in [-0.15, -0.1) is 10.2 Å². The van der Waals surface area contributed by atoms with E-state index < -0.39 is 6.09 Å². The Bertz CT molecular complexity index is 1290. The minimum Gasteiger partial charge on any atom is -0.465 e. The number of anilines is 3. The molecule has 1 aliphatic heterocycles. The van der Waals surface area contributed by atoms with Crippen LogP contribution in [0.3, 0.4) is 0 Å². The average Bonchev–Trinajstić information content (AvgIpc) is 3.33. The lowest BCUT2D eigenvalue weighted by atomic mass is 10.1. The monoisotopic (exact) mass is 477 g/mol. The second kappa shape index (κ2) is 9.16. The molecule has 1 saturated heterocycles. The van der Waals surface area contributed by atoms with Crippen LogP contribution in [0.5, 0.6) is 0 Å². The van der Waals surface area contributed by atoms with Gasteiger partial charge in [-0.1, -0.05) is 12.8 Å². The zero-order chi connectivity index (χ0) is 24.7. The van der Waals surface area contributed by atoms with Crippen molar-refractivity contribution in [2.75, 3.05) is 23.3 Å². The van der Waals surface area contributed by atoms with Crippen LogP contribution in [0.15, 0.2) is 35.1 Å². The van der Waals surface area contributed by atoms with Crippen molar-refractivity contribution >= 4 is 34.6 Å². The van der Waals surface area contributed by atoms with Gasteiger partial charge in [0.15, 0.2) is 5.65 Å². The van der Waals surface area contributed by atoms with Crippen molar-refractivity contribution < 1.29 is 9.90 Å². The molecule has 1 amide bonds. The van der Waals surface area contributed by atoms with E-state index in [-0.39, 0.29) is 23.7 Å². The smallest absolute Gasteiger partial charge is 0.407 e. The number of rotatable bonds is 4. The maximum absolute atomic E-state index is 12.8. The van der Waals surface area contributed by atoms with E-state index in [1.807, 2.05) is 45.0 Å². The van der Waals surface area contributed by atoms with Gasteiger partial charge in [-0.25, -0.2) is 4.79 Å². The van der Waals surface area contributed by atoms with Gasteiger partial charge in [0.2, 0.25) is 5.95 Å². The highest BCUT2D eigenvalue weighted by Crippen LogP contribution is 2.31. The average molecular weight is 478 g/mol. The maximum Gasteiger partial charge on any atom is 0.407 e. The fourth-order valence-corrected chi connectivity index (χ4v) is 5.53. The number of carbonyl (C=O) groups is 1. The largest absolute Gasteiger partial charge is 0.465 e. The van der Waals surface area contributed by atoms with Crippen LogP contribution in [0.4, 0.5) is 22.1 Å². The molecule has 2 fully saturated rings. The quantitative estimate of drug-likeness (QED) is 0.581. The third-order valence-corrected chi connectivity index (χ3v) is 7.17. The standard InChI is InChI=1S/C25H31N7O3/c1-15-12-21(33)32(20-6-4-5-7-20)23-22(15)28-29-24(27-23)26-18-8-10-19(11-9-18)30-13-16(2)31(25(34)35)17(3)14-30/h8-12,16-17,20H,4-7,13-14H2,1-3H3,(H,34,35)(H,26,27,29). The number of piperazine rings is 1. The van der Waals surface area contributed by atoms with Crippen molar-refractivity contribution in [3.05, 3.63) is 46.2 Å². The Morgan fingerprint density at radius 2 is 1.71 bits per heavy atom. The lowest BCUT2D eigenvalue weighted by Crippen LogP contribution is -2.58. The van der Waals surface area contributed by atoms with Crippen molar-refractivity contribution in [1.82, 2.24) is 24.6 Å². The molecule has 10 heteroatoms. The molecule has 1 saturated carbocycles. The molecular formula is C25H31N7O3. The van der Waals surface area contributed by atoms with Crippen molar-refractivity contribution in [1.29, 1.82) is 0 Å². The summed E-state index contributed by atoms with van der Waals surface area (Å²) in [4.78, 5) is 32.8. The van der Waals surface area contributed by atoms with E-state index >= 15 is 0 Å². The topological polar surface area (TPSA) is 116 Å². The molecule has 2 aromatic heterocycles. The molecule has 3 aromatic rings.